The fourth-order valence-electron chi connectivity index (χ4n) is 5.36. The molecule has 0 amide bonds. The SMILES string of the molecule is C=C1CCC[C@]2(C)C[C@H]3OC(=O)[C@@H](CNCc4cccnc4)[C@H]3C[C@@H]12. The molecular formula is C21H28N2O2. The first-order valence-electron chi connectivity index (χ1n) is 9.54. The molecule has 2 heterocycles. The second kappa shape index (κ2) is 6.56. The monoisotopic (exact) mass is 340 g/mol. The number of carbonyl (C=O) groups is 1. The number of nitrogens with zero attached hydrogens (tertiary/aromatic N) is 1. The molecule has 0 radical (unpaired) electrons. The van der Waals surface area contributed by atoms with E-state index in [9.17, 15) is 4.79 Å². The van der Waals surface area contributed by atoms with Gasteiger partial charge in [0.1, 0.15) is 6.10 Å². The molecule has 2 saturated carbocycles. The topological polar surface area (TPSA) is 51.2 Å². The van der Waals surface area contributed by atoms with Crippen LogP contribution in [0.25, 0.3) is 0 Å². The van der Waals surface area contributed by atoms with Gasteiger partial charge in [0.2, 0.25) is 0 Å². The zero-order valence-electron chi connectivity index (χ0n) is 15.0. The summed E-state index contributed by atoms with van der Waals surface area (Å²) in [5, 5.41) is 3.44. The molecule has 2 aliphatic carbocycles. The van der Waals surface area contributed by atoms with Gasteiger partial charge in [0.25, 0.3) is 0 Å². The lowest BCUT2D eigenvalue weighted by atomic mass is 9.55. The van der Waals surface area contributed by atoms with Gasteiger partial charge in [0, 0.05) is 31.4 Å². The van der Waals surface area contributed by atoms with E-state index in [0.717, 1.165) is 31.4 Å². The van der Waals surface area contributed by atoms with Crippen molar-refractivity contribution in [3.8, 4) is 0 Å². The van der Waals surface area contributed by atoms with Crippen molar-refractivity contribution in [3.63, 3.8) is 0 Å². The van der Waals surface area contributed by atoms with Gasteiger partial charge >= 0.3 is 5.97 Å². The number of pyridine rings is 1. The predicted molar refractivity (Wildman–Crippen MR) is 96.6 cm³/mol. The van der Waals surface area contributed by atoms with Gasteiger partial charge in [-0.25, -0.2) is 0 Å². The molecule has 0 spiro atoms. The third kappa shape index (κ3) is 3.12. The minimum absolute atomic E-state index is 0.0125. The summed E-state index contributed by atoms with van der Waals surface area (Å²) in [5.74, 6) is 0.849. The molecule has 134 valence electrons. The summed E-state index contributed by atoms with van der Waals surface area (Å²) in [6.45, 7) is 8.15. The average Bonchev–Trinajstić information content (AvgIpc) is 2.88. The van der Waals surface area contributed by atoms with Gasteiger partial charge in [0.05, 0.1) is 5.92 Å². The fourth-order valence-corrected chi connectivity index (χ4v) is 5.36. The van der Waals surface area contributed by atoms with Crippen LogP contribution in [0.5, 0.6) is 0 Å². The van der Waals surface area contributed by atoms with Gasteiger partial charge < -0.3 is 10.1 Å². The Bertz CT molecular complexity index is 659. The number of rotatable bonds is 4. The molecule has 1 N–H and O–H groups in total. The van der Waals surface area contributed by atoms with Crippen LogP contribution in [-0.2, 0) is 16.1 Å². The zero-order chi connectivity index (χ0) is 17.4. The van der Waals surface area contributed by atoms with Crippen molar-refractivity contribution in [2.75, 3.05) is 6.54 Å². The zero-order valence-corrected chi connectivity index (χ0v) is 15.0. The highest BCUT2D eigenvalue weighted by Crippen LogP contribution is 2.56. The van der Waals surface area contributed by atoms with E-state index >= 15 is 0 Å². The second-order valence-electron chi connectivity index (χ2n) is 8.40. The van der Waals surface area contributed by atoms with E-state index in [1.54, 1.807) is 6.20 Å². The van der Waals surface area contributed by atoms with Gasteiger partial charge in [-0.15, -0.1) is 0 Å². The summed E-state index contributed by atoms with van der Waals surface area (Å²) in [6, 6.07) is 3.99. The van der Waals surface area contributed by atoms with Crippen molar-refractivity contribution in [2.45, 2.75) is 51.7 Å². The van der Waals surface area contributed by atoms with Crippen LogP contribution >= 0.6 is 0 Å². The van der Waals surface area contributed by atoms with E-state index in [4.69, 9.17) is 4.74 Å². The van der Waals surface area contributed by atoms with E-state index in [2.05, 4.69) is 23.8 Å². The molecule has 4 heteroatoms. The molecular weight excluding hydrogens is 312 g/mol. The summed E-state index contributed by atoms with van der Waals surface area (Å²) in [6.07, 6.45) is 9.42. The van der Waals surface area contributed by atoms with Gasteiger partial charge in [0.15, 0.2) is 0 Å². The van der Waals surface area contributed by atoms with Crippen molar-refractivity contribution in [2.24, 2.45) is 23.2 Å². The molecule has 0 bridgehead atoms. The molecule has 3 fully saturated rings. The standard InChI is InChI=1S/C21H28N2O2/c1-14-5-3-7-21(2)10-19-16(9-18(14)21)17(20(24)25-19)13-23-12-15-6-4-8-22-11-15/h4,6,8,11,16-19,23H,1,3,5,7,9-10,12-13H2,2H3/t16-,17+,18+,19-,21-/m1/s1. The van der Waals surface area contributed by atoms with Crippen molar-refractivity contribution >= 4 is 5.97 Å². The van der Waals surface area contributed by atoms with Crippen molar-refractivity contribution in [1.29, 1.82) is 0 Å². The van der Waals surface area contributed by atoms with E-state index in [1.807, 2.05) is 18.3 Å². The third-order valence-corrected chi connectivity index (χ3v) is 6.74. The molecule has 1 aromatic rings. The Hall–Kier alpha value is -1.68. The Morgan fingerprint density at radius 2 is 2.36 bits per heavy atom. The number of hydrogen-bond donors (Lipinski definition) is 1. The lowest BCUT2D eigenvalue weighted by molar-refractivity contribution is -0.146. The molecule has 25 heavy (non-hydrogen) atoms. The largest absolute Gasteiger partial charge is 0.462 e. The van der Waals surface area contributed by atoms with Gasteiger partial charge in [-0.3, -0.25) is 9.78 Å². The molecule has 4 nitrogen and oxygen atoms in total. The molecule has 5 atom stereocenters. The number of hydrogen-bond acceptors (Lipinski definition) is 4. The van der Waals surface area contributed by atoms with Crippen molar-refractivity contribution in [3.05, 3.63) is 42.2 Å². The van der Waals surface area contributed by atoms with Gasteiger partial charge in [-0.1, -0.05) is 25.1 Å². The van der Waals surface area contributed by atoms with E-state index in [-0.39, 0.29) is 23.4 Å². The number of ether oxygens (including phenoxy) is 1. The van der Waals surface area contributed by atoms with Gasteiger partial charge in [-0.05, 0) is 55.1 Å². The minimum Gasteiger partial charge on any atom is -0.462 e. The number of nitrogens with one attached hydrogen (secondary N) is 1. The lowest BCUT2D eigenvalue weighted by Gasteiger charge is -2.50. The van der Waals surface area contributed by atoms with Crippen LogP contribution in [-0.4, -0.2) is 23.6 Å². The number of allylic oxidation sites excluding steroid dienone is 1. The Morgan fingerprint density at radius 1 is 1.48 bits per heavy atom. The number of aromatic nitrogens is 1. The molecule has 1 aromatic heterocycles. The van der Waals surface area contributed by atoms with Crippen LogP contribution in [0.3, 0.4) is 0 Å². The Morgan fingerprint density at radius 3 is 3.16 bits per heavy atom. The molecule has 0 aromatic carbocycles. The van der Waals surface area contributed by atoms with Crippen LogP contribution in [0.15, 0.2) is 36.7 Å². The van der Waals surface area contributed by atoms with Crippen molar-refractivity contribution in [1.82, 2.24) is 10.3 Å². The maximum absolute atomic E-state index is 12.5. The Labute approximate surface area is 150 Å². The molecule has 0 unspecified atom stereocenters. The average molecular weight is 340 g/mol. The first-order chi connectivity index (χ1) is 12.1. The smallest absolute Gasteiger partial charge is 0.310 e. The van der Waals surface area contributed by atoms with Crippen LogP contribution < -0.4 is 5.32 Å². The highest BCUT2D eigenvalue weighted by Gasteiger charge is 2.54. The normalized spacial score (nSPS) is 37.3. The van der Waals surface area contributed by atoms with Crippen molar-refractivity contribution < 1.29 is 9.53 Å². The van der Waals surface area contributed by atoms with Crippen LogP contribution in [0.4, 0.5) is 0 Å². The van der Waals surface area contributed by atoms with Crippen LogP contribution in [0, 0.1) is 23.2 Å². The van der Waals surface area contributed by atoms with E-state index in [0.29, 0.717) is 18.4 Å². The Balaban J connectivity index is 1.42. The van der Waals surface area contributed by atoms with Crippen LogP contribution in [0.2, 0.25) is 0 Å². The lowest BCUT2D eigenvalue weighted by Crippen LogP contribution is -2.45. The molecule has 3 aliphatic rings. The Kier molecular flexibility index (Phi) is 4.40. The maximum atomic E-state index is 12.5. The molecule has 4 rings (SSSR count). The first kappa shape index (κ1) is 16.8. The summed E-state index contributed by atoms with van der Waals surface area (Å²) < 4.78 is 5.81. The number of esters is 1. The summed E-state index contributed by atoms with van der Waals surface area (Å²) in [7, 11) is 0. The highest BCUT2D eigenvalue weighted by atomic mass is 16.6. The third-order valence-electron chi connectivity index (χ3n) is 6.74. The number of fused-ring (bicyclic) bond motifs is 2. The molecule has 1 aliphatic heterocycles. The fraction of sp³-hybridized carbons (Fsp3) is 0.619. The quantitative estimate of drug-likeness (QED) is 0.673. The maximum Gasteiger partial charge on any atom is 0.310 e. The predicted octanol–water partition coefficient (Wildman–Crippen LogP) is 3.49. The van der Waals surface area contributed by atoms with Crippen LogP contribution in [0.1, 0.15) is 44.6 Å². The van der Waals surface area contributed by atoms with Gasteiger partial charge in [-0.2, -0.15) is 0 Å². The highest BCUT2D eigenvalue weighted by molar-refractivity contribution is 5.75. The summed E-state index contributed by atoms with van der Waals surface area (Å²) >= 11 is 0. The summed E-state index contributed by atoms with van der Waals surface area (Å²) in [5.41, 5.74) is 2.81. The summed E-state index contributed by atoms with van der Waals surface area (Å²) in [4.78, 5) is 16.6. The van der Waals surface area contributed by atoms with E-state index in [1.165, 1.54) is 18.4 Å². The molecule has 1 saturated heterocycles. The minimum atomic E-state index is -0.0269. The second-order valence-corrected chi connectivity index (χ2v) is 8.40. The number of carbonyl (C=O) groups excluding carboxylic acids is 1. The first-order valence-corrected chi connectivity index (χ1v) is 9.54. The van der Waals surface area contributed by atoms with E-state index < -0.39 is 0 Å².